The minimum Gasteiger partial charge on any atom is -0.379 e. The maximum atomic E-state index is 6.13. The van der Waals surface area contributed by atoms with Gasteiger partial charge in [0.1, 0.15) is 0 Å². The molecule has 1 spiro atoms. The lowest BCUT2D eigenvalue weighted by molar-refractivity contribution is -0.175. The maximum absolute atomic E-state index is 6.13. The van der Waals surface area contributed by atoms with Crippen molar-refractivity contribution in [2.24, 2.45) is 5.92 Å². The molecule has 3 fully saturated rings. The molecule has 98 valence electrons. The minimum absolute atomic E-state index is 0.232. The van der Waals surface area contributed by atoms with Gasteiger partial charge in [-0.25, -0.2) is 0 Å². The Kier molecular flexibility index (Phi) is 3.39. The van der Waals surface area contributed by atoms with Crippen molar-refractivity contribution in [3.63, 3.8) is 0 Å². The van der Waals surface area contributed by atoms with Crippen molar-refractivity contribution in [1.29, 1.82) is 0 Å². The molecule has 0 amide bonds. The molecular formula is C13H24N2O2. The Morgan fingerprint density at radius 3 is 2.59 bits per heavy atom. The van der Waals surface area contributed by atoms with Crippen LogP contribution in [-0.2, 0) is 9.47 Å². The van der Waals surface area contributed by atoms with Crippen LogP contribution in [0.15, 0.2) is 0 Å². The Morgan fingerprint density at radius 2 is 2.00 bits per heavy atom. The molecule has 0 aromatic heterocycles. The van der Waals surface area contributed by atoms with Crippen LogP contribution in [0.5, 0.6) is 0 Å². The Labute approximate surface area is 104 Å². The van der Waals surface area contributed by atoms with E-state index in [9.17, 15) is 0 Å². The molecule has 0 radical (unpaired) electrons. The van der Waals surface area contributed by atoms with E-state index in [1.807, 2.05) is 0 Å². The lowest BCUT2D eigenvalue weighted by Gasteiger charge is -2.52. The second-order valence-electron chi connectivity index (χ2n) is 5.98. The SMILES string of the molecule is CN1CC2(CCC(CN3CCOCC3)CO2)C1. The van der Waals surface area contributed by atoms with Gasteiger partial charge in [-0.2, -0.15) is 0 Å². The van der Waals surface area contributed by atoms with Gasteiger partial charge in [-0.15, -0.1) is 0 Å². The van der Waals surface area contributed by atoms with Gasteiger partial charge in [0.15, 0.2) is 0 Å². The van der Waals surface area contributed by atoms with Gasteiger partial charge in [0.05, 0.1) is 25.4 Å². The van der Waals surface area contributed by atoms with Gasteiger partial charge < -0.3 is 14.4 Å². The molecule has 4 nitrogen and oxygen atoms in total. The summed E-state index contributed by atoms with van der Waals surface area (Å²) in [6.07, 6.45) is 2.59. The highest BCUT2D eigenvalue weighted by molar-refractivity contribution is 4.98. The third-order valence-corrected chi connectivity index (χ3v) is 4.37. The molecule has 3 rings (SSSR count). The molecule has 0 aliphatic carbocycles. The van der Waals surface area contributed by atoms with Crippen molar-refractivity contribution >= 4 is 0 Å². The highest BCUT2D eigenvalue weighted by Gasteiger charge is 2.45. The molecule has 3 aliphatic heterocycles. The quantitative estimate of drug-likeness (QED) is 0.699. The van der Waals surface area contributed by atoms with Crippen LogP contribution in [0.1, 0.15) is 12.8 Å². The highest BCUT2D eigenvalue weighted by atomic mass is 16.5. The summed E-state index contributed by atoms with van der Waals surface area (Å²) in [5.74, 6) is 0.740. The molecule has 4 heteroatoms. The van der Waals surface area contributed by atoms with E-state index in [1.165, 1.54) is 19.4 Å². The predicted octanol–water partition coefficient (Wildman–Crippen LogP) is 0.429. The average molecular weight is 240 g/mol. The molecule has 0 aromatic carbocycles. The van der Waals surface area contributed by atoms with Crippen molar-refractivity contribution in [2.45, 2.75) is 18.4 Å². The molecular weight excluding hydrogens is 216 g/mol. The number of hydrogen-bond donors (Lipinski definition) is 0. The number of ether oxygens (including phenoxy) is 2. The number of likely N-dealkylation sites (tertiary alicyclic amines) is 1. The number of hydrogen-bond acceptors (Lipinski definition) is 4. The monoisotopic (exact) mass is 240 g/mol. The summed E-state index contributed by atoms with van der Waals surface area (Å²) in [4.78, 5) is 4.88. The summed E-state index contributed by atoms with van der Waals surface area (Å²) < 4.78 is 11.5. The molecule has 0 N–H and O–H groups in total. The van der Waals surface area contributed by atoms with Gasteiger partial charge in [0, 0.05) is 32.7 Å². The molecule has 17 heavy (non-hydrogen) atoms. The maximum Gasteiger partial charge on any atom is 0.0934 e. The molecule has 1 unspecified atom stereocenters. The minimum atomic E-state index is 0.232. The Morgan fingerprint density at radius 1 is 1.24 bits per heavy atom. The number of rotatable bonds is 2. The fourth-order valence-electron chi connectivity index (χ4n) is 3.40. The lowest BCUT2D eigenvalue weighted by Crippen LogP contribution is -2.63. The Bertz CT molecular complexity index is 250. The first-order valence-corrected chi connectivity index (χ1v) is 6.88. The fourth-order valence-corrected chi connectivity index (χ4v) is 3.40. The molecule has 3 heterocycles. The molecule has 3 saturated heterocycles. The number of nitrogens with zero attached hydrogens (tertiary/aromatic N) is 2. The third kappa shape index (κ3) is 2.65. The van der Waals surface area contributed by atoms with Gasteiger partial charge in [-0.1, -0.05) is 0 Å². The van der Waals surface area contributed by atoms with Crippen molar-refractivity contribution in [1.82, 2.24) is 9.80 Å². The standard InChI is InChI=1S/C13H24N2O2/c1-14-10-13(11-14)3-2-12(9-17-13)8-15-4-6-16-7-5-15/h12H,2-11H2,1H3. The fraction of sp³-hybridized carbons (Fsp3) is 1.00. The van der Waals surface area contributed by atoms with Crippen LogP contribution >= 0.6 is 0 Å². The van der Waals surface area contributed by atoms with Crippen LogP contribution in [0.25, 0.3) is 0 Å². The first kappa shape index (κ1) is 11.9. The van der Waals surface area contributed by atoms with Gasteiger partial charge >= 0.3 is 0 Å². The van der Waals surface area contributed by atoms with Gasteiger partial charge in [-0.3, -0.25) is 4.90 Å². The Hall–Kier alpha value is -0.160. The summed E-state index contributed by atoms with van der Waals surface area (Å²) in [6.45, 7) is 8.45. The van der Waals surface area contributed by atoms with Crippen LogP contribution in [-0.4, -0.2) is 75.0 Å². The zero-order valence-corrected chi connectivity index (χ0v) is 10.9. The smallest absolute Gasteiger partial charge is 0.0934 e. The first-order valence-electron chi connectivity index (χ1n) is 6.88. The molecule has 3 aliphatic rings. The second-order valence-corrected chi connectivity index (χ2v) is 5.98. The normalized spacial score (nSPS) is 34.8. The topological polar surface area (TPSA) is 24.9 Å². The van der Waals surface area contributed by atoms with E-state index in [-0.39, 0.29) is 5.60 Å². The van der Waals surface area contributed by atoms with E-state index < -0.39 is 0 Å². The van der Waals surface area contributed by atoms with Crippen LogP contribution in [0, 0.1) is 5.92 Å². The van der Waals surface area contributed by atoms with Crippen molar-refractivity contribution in [2.75, 3.05) is 59.6 Å². The first-order chi connectivity index (χ1) is 8.26. The van der Waals surface area contributed by atoms with Crippen LogP contribution in [0.3, 0.4) is 0 Å². The van der Waals surface area contributed by atoms with E-state index in [2.05, 4.69) is 16.8 Å². The Balaban J connectivity index is 1.42. The van der Waals surface area contributed by atoms with Crippen LogP contribution in [0.2, 0.25) is 0 Å². The van der Waals surface area contributed by atoms with Crippen molar-refractivity contribution in [3.8, 4) is 0 Å². The number of likely N-dealkylation sites (N-methyl/N-ethyl adjacent to an activating group) is 1. The van der Waals surface area contributed by atoms with Crippen molar-refractivity contribution < 1.29 is 9.47 Å². The molecule has 0 saturated carbocycles. The molecule has 0 aromatic rings. The van der Waals surface area contributed by atoms with E-state index >= 15 is 0 Å². The van der Waals surface area contributed by atoms with Gasteiger partial charge in [-0.05, 0) is 25.8 Å². The van der Waals surface area contributed by atoms with E-state index in [1.54, 1.807) is 0 Å². The van der Waals surface area contributed by atoms with E-state index in [0.717, 1.165) is 51.9 Å². The molecule has 0 bridgehead atoms. The predicted molar refractivity (Wildman–Crippen MR) is 66.2 cm³/mol. The van der Waals surface area contributed by atoms with E-state index in [4.69, 9.17) is 9.47 Å². The van der Waals surface area contributed by atoms with Gasteiger partial charge in [0.25, 0.3) is 0 Å². The third-order valence-electron chi connectivity index (χ3n) is 4.37. The summed E-state index contributed by atoms with van der Waals surface area (Å²) in [7, 11) is 2.18. The summed E-state index contributed by atoms with van der Waals surface area (Å²) in [5.41, 5.74) is 0.232. The lowest BCUT2D eigenvalue weighted by atomic mass is 9.83. The zero-order valence-electron chi connectivity index (χ0n) is 10.9. The van der Waals surface area contributed by atoms with Crippen LogP contribution < -0.4 is 0 Å². The largest absolute Gasteiger partial charge is 0.379 e. The summed E-state index contributed by atoms with van der Waals surface area (Å²) in [5, 5.41) is 0. The molecule has 1 atom stereocenters. The summed E-state index contributed by atoms with van der Waals surface area (Å²) >= 11 is 0. The van der Waals surface area contributed by atoms with Crippen LogP contribution in [0.4, 0.5) is 0 Å². The van der Waals surface area contributed by atoms with Gasteiger partial charge in [0.2, 0.25) is 0 Å². The van der Waals surface area contributed by atoms with Crippen molar-refractivity contribution in [3.05, 3.63) is 0 Å². The second kappa shape index (κ2) is 4.84. The number of morpholine rings is 1. The highest BCUT2D eigenvalue weighted by Crippen LogP contribution is 2.35. The summed E-state index contributed by atoms with van der Waals surface area (Å²) in [6, 6.07) is 0. The van der Waals surface area contributed by atoms with E-state index in [0.29, 0.717) is 0 Å². The zero-order chi connectivity index (χ0) is 11.7. The average Bonchev–Trinajstić information content (AvgIpc) is 2.32.